The first-order chi connectivity index (χ1) is 11.9. The molecular formula is C20H19NO4. The van der Waals surface area contributed by atoms with Gasteiger partial charge in [-0.25, -0.2) is 0 Å². The molecule has 0 unspecified atom stereocenters. The van der Waals surface area contributed by atoms with Gasteiger partial charge in [0.25, 0.3) is 11.7 Å². The normalized spacial score (nSPS) is 19.3. The van der Waals surface area contributed by atoms with E-state index in [1.807, 2.05) is 31.2 Å². The Hall–Kier alpha value is -3.08. The SMILES string of the molecule is COc1ccc(C(O)=C2C(=O)C(=O)N(C)[C@H]2c2ccc(C)cc2)cc1. The predicted octanol–water partition coefficient (Wildman–Crippen LogP) is 3.06. The number of hydrogen-bond acceptors (Lipinski definition) is 4. The molecule has 1 heterocycles. The summed E-state index contributed by atoms with van der Waals surface area (Å²) in [4.78, 5) is 26.0. The van der Waals surface area contributed by atoms with Crippen LogP contribution >= 0.6 is 0 Å². The van der Waals surface area contributed by atoms with E-state index >= 15 is 0 Å². The summed E-state index contributed by atoms with van der Waals surface area (Å²) in [6.07, 6.45) is 0. The maximum Gasteiger partial charge on any atom is 0.295 e. The monoisotopic (exact) mass is 337 g/mol. The minimum Gasteiger partial charge on any atom is -0.507 e. The number of Topliss-reactive ketones (excluding diaryl/α,β-unsaturated/α-hetero) is 1. The van der Waals surface area contributed by atoms with Crippen molar-refractivity contribution in [1.29, 1.82) is 0 Å². The molecule has 3 rings (SSSR count). The first-order valence-corrected chi connectivity index (χ1v) is 7.89. The molecule has 5 heteroatoms. The molecule has 0 aromatic heterocycles. The van der Waals surface area contributed by atoms with Crippen LogP contribution in [0.5, 0.6) is 5.75 Å². The van der Waals surface area contributed by atoms with Crippen molar-refractivity contribution in [2.45, 2.75) is 13.0 Å². The molecule has 2 aromatic rings. The third-order valence-corrected chi connectivity index (χ3v) is 4.43. The van der Waals surface area contributed by atoms with Crippen LogP contribution < -0.4 is 4.74 Å². The Bertz CT molecular complexity index is 850. The summed E-state index contributed by atoms with van der Waals surface area (Å²) in [7, 11) is 3.12. The lowest BCUT2D eigenvalue weighted by Gasteiger charge is -2.21. The molecule has 128 valence electrons. The van der Waals surface area contributed by atoms with E-state index in [-0.39, 0.29) is 11.3 Å². The number of aliphatic hydroxyl groups excluding tert-OH is 1. The molecule has 0 bridgehead atoms. The van der Waals surface area contributed by atoms with Gasteiger partial charge >= 0.3 is 0 Å². The number of hydrogen-bond donors (Lipinski definition) is 1. The maximum atomic E-state index is 12.5. The first kappa shape index (κ1) is 16.8. The molecular weight excluding hydrogens is 318 g/mol. The summed E-state index contributed by atoms with van der Waals surface area (Å²) in [6, 6.07) is 13.6. The standard InChI is InChI=1S/C20H19NO4/c1-12-4-6-13(7-5-12)17-16(19(23)20(24)21(17)2)18(22)14-8-10-15(25-3)11-9-14/h4-11,17,22H,1-3H3/t17-/m0/s1. The smallest absolute Gasteiger partial charge is 0.295 e. The summed E-state index contributed by atoms with van der Waals surface area (Å²) in [5.41, 5.74) is 2.42. The molecule has 2 aromatic carbocycles. The van der Waals surface area contributed by atoms with E-state index in [1.165, 1.54) is 4.90 Å². The van der Waals surface area contributed by atoms with Crippen LogP contribution in [0.3, 0.4) is 0 Å². The highest BCUT2D eigenvalue weighted by molar-refractivity contribution is 6.46. The Kier molecular flexibility index (Phi) is 4.31. The van der Waals surface area contributed by atoms with E-state index in [0.29, 0.717) is 11.3 Å². The van der Waals surface area contributed by atoms with Crippen molar-refractivity contribution in [3.8, 4) is 5.75 Å². The molecule has 1 saturated heterocycles. The first-order valence-electron chi connectivity index (χ1n) is 7.89. The molecule has 0 radical (unpaired) electrons. The van der Waals surface area contributed by atoms with Crippen molar-refractivity contribution in [2.24, 2.45) is 0 Å². The van der Waals surface area contributed by atoms with Crippen LogP contribution in [-0.2, 0) is 9.59 Å². The fourth-order valence-electron chi connectivity index (χ4n) is 2.99. The molecule has 0 saturated carbocycles. The van der Waals surface area contributed by atoms with Crippen molar-refractivity contribution < 1.29 is 19.4 Å². The van der Waals surface area contributed by atoms with E-state index < -0.39 is 17.7 Å². The number of amides is 1. The highest BCUT2D eigenvalue weighted by Gasteiger charge is 2.44. The Morgan fingerprint density at radius 1 is 1.04 bits per heavy atom. The summed E-state index contributed by atoms with van der Waals surface area (Å²) < 4.78 is 5.10. The van der Waals surface area contributed by atoms with Crippen molar-refractivity contribution >= 4 is 17.4 Å². The lowest BCUT2D eigenvalue weighted by atomic mass is 9.95. The molecule has 0 spiro atoms. The summed E-state index contributed by atoms with van der Waals surface area (Å²) in [6.45, 7) is 1.96. The second-order valence-electron chi connectivity index (χ2n) is 6.05. The minimum atomic E-state index is -0.679. The van der Waals surface area contributed by atoms with Crippen LogP contribution in [0.1, 0.15) is 22.7 Å². The van der Waals surface area contributed by atoms with E-state index in [0.717, 1.165) is 11.1 Å². The van der Waals surface area contributed by atoms with Gasteiger partial charge in [-0.05, 0) is 36.8 Å². The molecule has 1 amide bonds. The second kappa shape index (κ2) is 6.43. The number of likely N-dealkylation sites (N-methyl/N-ethyl adjacent to an activating group) is 1. The predicted molar refractivity (Wildman–Crippen MR) is 94.2 cm³/mol. The number of carbonyl (C=O) groups excluding carboxylic acids is 2. The van der Waals surface area contributed by atoms with Crippen molar-refractivity contribution in [3.05, 3.63) is 70.8 Å². The maximum absolute atomic E-state index is 12.5. The van der Waals surface area contributed by atoms with Gasteiger partial charge < -0.3 is 14.7 Å². The Morgan fingerprint density at radius 2 is 1.64 bits per heavy atom. The molecule has 5 nitrogen and oxygen atoms in total. The molecule has 1 aliphatic heterocycles. The van der Waals surface area contributed by atoms with Crippen LogP contribution in [-0.4, -0.2) is 35.9 Å². The van der Waals surface area contributed by atoms with Gasteiger partial charge in [0.05, 0.1) is 18.7 Å². The Morgan fingerprint density at radius 3 is 2.20 bits per heavy atom. The number of benzene rings is 2. The van der Waals surface area contributed by atoms with Gasteiger partial charge in [-0.1, -0.05) is 29.8 Å². The van der Waals surface area contributed by atoms with Gasteiger partial charge in [-0.2, -0.15) is 0 Å². The number of methoxy groups -OCH3 is 1. The van der Waals surface area contributed by atoms with Crippen LogP contribution in [0.2, 0.25) is 0 Å². The average Bonchev–Trinajstić information content (AvgIpc) is 2.86. The number of carbonyl (C=O) groups is 2. The van der Waals surface area contributed by atoms with E-state index in [4.69, 9.17) is 4.74 Å². The average molecular weight is 337 g/mol. The van der Waals surface area contributed by atoms with Crippen molar-refractivity contribution in [2.75, 3.05) is 14.2 Å². The van der Waals surface area contributed by atoms with Crippen molar-refractivity contribution in [3.63, 3.8) is 0 Å². The van der Waals surface area contributed by atoms with Gasteiger partial charge in [0.15, 0.2) is 0 Å². The van der Waals surface area contributed by atoms with Gasteiger partial charge in [0.1, 0.15) is 11.5 Å². The largest absolute Gasteiger partial charge is 0.507 e. The molecule has 1 aliphatic rings. The second-order valence-corrected chi connectivity index (χ2v) is 6.05. The van der Waals surface area contributed by atoms with E-state index in [9.17, 15) is 14.7 Å². The quantitative estimate of drug-likeness (QED) is 0.531. The number of likely N-dealkylation sites (tertiary alicyclic amines) is 1. The Labute approximate surface area is 146 Å². The number of ether oxygens (including phenoxy) is 1. The molecule has 1 fully saturated rings. The van der Waals surface area contributed by atoms with Gasteiger partial charge in [0.2, 0.25) is 0 Å². The molecule has 0 aliphatic carbocycles. The third kappa shape index (κ3) is 2.89. The molecule has 25 heavy (non-hydrogen) atoms. The van der Waals surface area contributed by atoms with E-state index in [2.05, 4.69) is 0 Å². The highest BCUT2D eigenvalue weighted by atomic mass is 16.5. The third-order valence-electron chi connectivity index (χ3n) is 4.43. The summed E-state index contributed by atoms with van der Waals surface area (Å²) in [5, 5.41) is 10.7. The van der Waals surface area contributed by atoms with Crippen LogP contribution in [0.15, 0.2) is 54.1 Å². The number of aryl methyl sites for hydroxylation is 1. The molecule has 1 N–H and O–H groups in total. The zero-order valence-electron chi connectivity index (χ0n) is 14.3. The number of nitrogens with zero attached hydrogens (tertiary/aromatic N) is 1. The topological polar surface area (TPSA) is 66.8 Å². The number of rotatable bonds is 3. The van der Waals surface area contributed by atoms with Crippen LogP contribution in [0.25, 0.3) is 5.76 Å². The lowest BCUT2D eigenvalue weighted by Crippen LogP contribution is -2.24. The fraction of sp³-hybridized carbons (Fsp3) is 0.200. The minimum absolute atomic E-state index is 0.0986. The number of aliphatic hydroxyl groups is 1. The zero-order chi connectivity index (χ0) is 18.1. The molecule has 1 atom stereocenters. The number of ketones is 1. The van der Waals surface area contributed by atoms with Gasteiger partial charge in [-0.15, -0.1) is 0 Å². The van der Waals surface area contributed by atoms with Crippen molar-refractivity contribution in [1.82, 2.24) is 4.90 Å². The van der Waals surface area contributed by atoms with E-state index in [1.54, 1.807) is 38.4 Å². The van der Waals surface area contributed by atoms with Crippen LogP contribution in [0.4, 0.5) is 0 Å². The summed E-state index contributed by atoms with van der Waals surface area (Å²) >= 11 is 0. The van der Waals surface area contributed by atoms with Gasteiger partial charge in [-0.3, -0.25) is 9.59 Å². The Balaban J connectivity index is 2.12. The van der Waals surface area contributed by atoms with Gasteiger partial charge in [0, 0.05) is 12.6 Å². The highest BCUT2D eigenvalue weighted by Crippen LogP contribution is 2.38. The zero-order valence-corrected chi connectivity index (χ0v) is 14.3. The lowest BCUT2D eigenvalue weighted by molar-refractivity contribution is -0.139. The summed E-state index contributed by atoms with van der Waals surface area (Å²) in [5.74, 6) is -0.847. The fourth-order valence-corrected chi connectivity index (χ4v) is 2.99. The van der Waals surface area contributed by atoms with Crippen LogP contribution in [0, 0.1) is 6.92 Å².